The molecule has 1 heterocycles. The van der Waals surface area contributed by atoms with Gasteiger partial charge >= 0.3 is 0 Å². The number of carbonyl (C=O) groups excluding carboxylic acids is 1. The Morgan fingerprint density at radius 3 is 2.52 bits per heavy atom. The first kappa shape index (κ1) is 18.6. The lowest BCUT2D eigenvalue weighted by atomic mass is 10.3. The zero-order valence-electron chi connectivity index (χ0n) is 14.3. The largest absolute Gasteiger partial charge is 0.310 e. The second-order valence-corrected chi connectivity index (χ2v) is 6.70. The molecular weight excluding hydrogens is 371 g/mol. The van der Waals surface area contributed by atoms with Gasteiger partial charge in [0, 0.05) is 23.1 Å². The van der Waals surface area contributed by atoms with Gasteiger partial charge in [0.25, 0.3) is 5.69 Å². The van der Waals surface area contributed by atoms with Crippen LogP contribution in [0, 0.1) is 22.9 Å². The molecule has 0 atom stereocenters. The van der Waals surface area contributed by atoms with Crippen LogP contribution in [0.1, 0.15) is 5.69 Å². The van der Waals surface area contributed by atoms with Crippen LogP contribution in [0.3, 0.4) is 0 Å². The zero-order chi connectivity index (χ0) is 19.4. The normalized spacial score (nSPS) is 10.6. The van der Waals surface area contributed by atoms with Gasteiger partial charge in [-0.2, -0.15) is 5.10 Å². The minimum absolute atomic E-state index is 0.0242. The molecule has 2 aromatic carbocycles. The second kappa shape index (κ2) is 8.00. The summed E-state index contributed by atoms with van der Waals surface area (Å²) in [5.74, 6) is 0.0422. The maximum absolute atomic E-state index is 12.9. The van der Waals surface area contributed by atoms with Crippen LogP contribution in [-0.2, 0) is 4.79 Å². The van der Waals surface area contributed by atoms with Crippen molar-refractivity contribution in [1.29, 1.82) is 0 Å². The van der Waals surface area contributed by atoms with Crippen molar-refractivity contribution in [3.8, 4) is 5.69 Å². The molecule has 0 saturated carbocycles. The van der Waals surface area contributed by atoms with E-state index < -0.39 is 4.92 Å². The quantitative estimate of drug-likeness (QED) is 0.393. The number of anilines is 1. The fourth-order valence-electron chi connectivity index (χ4n) is 2.36. The number of non-ortho nitro benzene ring substituents is 1. The van der Waals surface area contributed by atoms with E-state index in [0.29, 0.717) is 17.2 Å². The van der Waals surface area contributed by atoms with E-state index in [1.807, 2.05) is 0 Å². The molecule has 0 aliphatic heterocycles. The summed E-state index contributed by atoms with van der Waals surface area (Å²) in [6.45, 7) is 1.78. The Hall–Kier alpha value is -3.20. The third-order valence-corrected chi connectivity index (χ3v) is 4.60. The summed E-state index contributed by atoms with van der Waals surface area (Å²) in [5.41, 5.74) is 1.26. The van der Waals surface area contributed by atoms with Gasteiger partial charge in [-0.15, -0.1) is 11.8 Å². The molecule has 7 nitrogen and oxygen atoms in total. The Labute approximate surface area is 158 Å². The van der Waals surface area contributed by atoms with E-state index in [1.165, 1.54) is 40.7 Å². The summed E-state index contributed by atoms with van der Waals surface area (Å²) in [4.78, 5) is 23.3. The lowest BCUT2D eigenvalue weighted by Crippen LogP contribution is -2.16. The van der Waals surface area contributed by atoms with Gasteiger partial charge in [0.15, 0.2) is 0 Å². The van der Waals surface area contributed by atoms with E-state index in [0.717, 1.165) is 4.90 Å². The first-order chi connectivity index (χ1) is 12.9. The van der Waals surface area contributed by atoms with Crippen molar-refractivity contribution in [3.05, 3.63) is 76.2 Å². The summed E-state index contributed by atoms with van der Waals surface area (Å²) in [6.07, 6.45) is 0. The molecule has 3 aromatic rings. The first-order valence-electron chi connectivity index (χ1n) is 7.92. The van der Waals surface area contributed by atoms with Gasteiger partial charge in [-0.1, -0.05) is 0 Å². The first-order valence-corrected chi connectivity index (χ1v) is 8.90. The SMILES string of the molecule is Cc1cc(NC(=O)CSc2ccc(F)cc2)n(-c2ccc([N+](=O)[O-])cc2)n1. The van der Waals surface area contributed by atoms with Crippen molar-refractivity contribution < 1.29 is 14.1 Å². The highest BCUT2D eigenvalue weighted by Gasteiger charge is 2.13. The number of hydrogen-bond acceptors (Lipinski definition) is 5. The standard InChI is InChI=1S/C18H15FN4O3S/c1-12-10-17(20-18(24)11-27-16-8-2-13(19)3-9-16)22(21-12)14-4-6-15(7-5-14)23(25)26/h2-10H,11H2,1H3,(H,20,24). The lowest BCUT2D eigenvalue weighted by Gasteiger charge is -2.09. The zero-order valence-corrected chi connectivity index (χ0v) is 15.1. The van der Waals surface area contributed by atoms with Crippen molar-refractivity contribution in [1.82, 2.24) is 9.78 Å². The van der Waals surface area contributed by atoms with E-state index in [9.17, 15) is 19.3 Å². The Morgan fingerprint density at radius 1 is 1.22 bits per heavy atom. The number of aryl methyl sites for hydroxylation is 1. The molecule has 0 spiro atoms. The van der Waals surface area contributed by atoms with Crippen LogP contribution in [0.2, 0.25) is 0 Å². The second-order valence-electron chi connectivity index (χ2n) is 5.65. The number of nitro benzene ring substituents is 1. The van der Waals surface area contributed by atoms with Crippen LogP contribution < -0.4 is 5.32 Å². The Bertz CT molecular complexity index is 971. The average molecular weight is 386 g/mol. The van der Waals surface area contributed by atoms with Crippen LogP contribution in [-0.4, -0.2) is 26.4 Å². The topological polar surface area (TPSA) is 90.1 Å². The number of aromatic nitrogens is 2. The van der Waals surface area contributed by atoms with E-state index in [2.05, 4.69) is 10.4 Å². The van der Waals surface area contributed by atoms with Crippen LogP contribution in [0.4, 0.5) is 15.9 Å². The van der Waals surface area contributed by atoms with E-state index >= 15 is 0 Å². The highest BCUT2D eigenvalue weighted by Crippen LogP contribution is 2.22. The van der Waals surface area contributed by atoms with Gasteiger partial charge < -0.3 is 5.32 Å². The average Bonchev–Trinajstić information content (AvgIpc) is 3.01. The number of rotatable bonds is 6. The fraction of sp³-hybridized carbons (Fsp3) is 0.111. The highest BCUT2D eigenvalue weighted by molar-refractivity contribution is 8.00. The molecule has 0 radical (unpaired) electrons. The van der Waals surface area contributed by atoms with Gasteiger partial charge in [0.05, 0.1) is 22.1 Å². The molecule has 27 heavy (non-hydrogen) atoms. The molecule has 0 saturated heterocycles. The number of thioether (sulfide) groups is 1. The van der Waals surface area contributed by atoms with Crippen molar-refractivity contribution in [3.63, 3.8) is 0 Å². The van der Waals surface area contributed by atoms with Crippen molar-refractivity contribution in [2.45, 2.75) is 11.8 Å². The molecule has 1 aromatic heterocycles. The number of benzene rings is 2. The molecule has 1 amide bonds. The monoisotopic (exact) mass is 386 g/mol. The Kier molecular flexibility index (Phi) is 5.51. The number of nitrogens with one attached hydrogen (secondary N) is 1. The molecule has 138 valence electrons. The van der Waals surface area contributed by atoms with Crippen LogP contribution in [0.5, 0.6) is 0 Å². The highest BCUT2D eigenvalue weighted by atomic mass is 32.2. The van der Waals surface area contributed by atoms with Gasteiger partial charge in [0.1, 0.15) is 11.6 Å². The molecule has 0 fully saturated rings. The van der Waals surface area contributed by atoms with Crippen molar-refractivity contribution in [2.24, 2.45) is 0 Å². The molecule has 9 heteroatoms. The lowest BCUT2D eigenvalue weighted by molar-refractivity contribution is -0.384. The fourth-order valence-corrected chi connectivity index (χ4v) is 3.06. The molecule has 3 rings (SSSR count). The van der Waals surface area contributed by atoms with E-state index in [4.69, 9.17) is 0 Å². The van der Waals surface area contributed by atoms with E-state index in [-0.39, 0.29) is 23.2 Å². The molecular formula is C18H15FN4O3S. The van der Waals surface area contributed by atoms with Gasteiger partial charge in [-0.3, -0.25) is 14.9 Å². The predicted molar refractivity (Wildman–Crippen MR) is 101 cm³/mol. The maximum Gasteiger partial charge on any atom is 0.269 e. The maximum atomic E-state index is 12.9. The summed E-state index contributed by atoms with van der Waals surface area (Å²) in [7, 11) is 0. The predicted octanol–water partition coefficient (Wildman–Crippen LogP) is 3.96. The number of carbonyl (C=O) groups is 1. The molecule has 0 bridgehead atoms. The Balaban J connectivity index is 1.70. The third-order valence-electron chi connectivity index (χ3n) is 3.59. The van der Waals surface area contributed by atoms with Gasteiger partial charge in [-0.05, 0) is 43.3 Å². The summed E-state index contributed by atoms with van der Waals surface area (Å²) in [5, 5.41) is 17.9. The number of amides is 1. The molecule has 0 aliphatic rings. The van der Waals surface area contributed by atoms with Crippen molar-refractivity contribution >= 4 is 29.2 Å². The number of nitrogens with zero attached hydrogens (tertiary/aromatic N) is 3. The summed E-state index contributed by atoms with van der Waals surface area (Å²) in [6, 6.07) is 13.5. The molecule has 0 unspecified atom stereocenters. The number of hydrogen-bond donors (Lipinski definition) is 1. The Morgan fingerprint density at radius 2 is 1.89 bits per heavy atom. The van der Waals surface area contributed by atoms with Crippen LogP contribution in [0.25, 0.3) is 5.69 Å². The van der Waals surface area contributed by atoms with Gasteiger partial charge in [-0.25, -0.2) is 9.07 Å². The number of nitro groups is 1. The van der Waals surface area contributed by atoms with Crippen LogP contribution in [0.15, 0.2) is 59.5 Å². The van der Waals surface area contributed by atoms with Crippen LogP contribution >= 0.6 is 11.8 Å². The number of halogens is 1. The van der Waals surface area contributed by atoms with Gasteiger partial charge in [0.2, 0.25) is 5.91 Å². The minimum atomic E-state index is -0.479. The molecule has 0 aliphatic carbocycles. The minimum Gasteiger partial charge on any atom is -0.310 e. The third kappa shape index (κ3) is 4.70. The summed E-state index contributed by atoms with van der Waals surface area (Å²) < 4.78 is 14.4. The summed E-state index contributed by atoms with van der Waals surface area (Å²) >= 11 is 1.29. The van der Waals surface area contributed by atoms with Crippen molar-refractivity contribution in [2.75, 3.05) is 11.1 Å². The molecule has 1 N–H and O–H groups in total. The van der Waals surface area contributed by atoms with E-state index in [1.54, 1.807) is 37.3 Å². The smallest absolute Gasteiger partial charge is 0.269 e.